The normalized spacial score (nSPS) is 13.2. The molecule has 0 saturated carbocycles. The molecule has 1 aliphatic rings. The molecule has 1 aliphatic heterocycles. The molecule has 0 bridgehead atoms. The topological polar surface area (TPSA) is 125 Å². The Morgan fingerprint density at radius 1 is 0.887 bits per heavy atom. The molecule has 0 amide bonds. The number of halogens is 5. The minimum Gasteiger partial charge on any atom is -0.435 e. The summed E-state index contributed by atoms with van der Waals surface area (Å²) in [6, 6.07) is 24.4. The van der Waals surface area contributed by atoms with Crippen LogP contribution in [0, 0.1) is 6.92 Å². The Morgan fingerprint density at radius 2 is 1.62 bits per heavy atom. The third-order valence-corrected chi connectivity index (χ3v) is 8.31. The first kappa shape index (κ1) is 38.6. The number of cyclic esters (lactones) is 1. The second kappa shape index (κ2) is 17.3. The van der Waals surface area contributed by atoms with Crippen molar-refractivity contribution in [3.8, 4) is 0 Å². The van der Waals surface area contributed by atoms with Gasteiger partial charge in [-0.1, -0.05) is 65.7 Å². The van der Waals surface area contributed by atoms with Crippen LogP contribution in [0.15, 0.2) is 103 Å². The summed E-state index contributed by atoms with van der Waals surface area (Å²) >= 11 is 12.5. The Labute approximate surface area is 311 Å². The van der Waals surface area contributed by atoms with Crippen LogP contribution in [0.2, 0.25) is 10.0 Å². The van der Waals surface area contributed by atoms with Crippen molar-refractivity contribution in [2.24, 2.45) is 0 Å². The fourth-order valence-electron chi connectivity index (χ4n) is 4.87. The summed E-state index contributed by atoms with van der Waals surface area (Å²) in [5.41, 5.74) is 2.29. The maximum absolute atomic E-state index is 12.9. The number of fused-ring (bicyclic) bond motifs is 1. The van der Waals surface area contributed by atoms with Crippen molar-refractivity contribution in [2.75, 3.05) is 24.0 Å². The van der Waals surface area contributed by atoms with Gasteiger partial charge >= 0.3 is 24.1 Å². The van der Waals surface area contributed by atoms with Crippen molar-refractivity contribution in [3.05, 3.63) is 147 Å². The average molecular weight is 769 g/mol. The summed E-state index contributed by atoms with van der Waals surface area (Å²) < 4.78 is 59.3. The lowest BCUT2D eigenvalue weighted by Gasteiger charge is -2.15. The van der Waals surface area contributed by atoms with Crippen molar-refractivity contribution >= 4 is 64.0 Å². The third-order valence-electron chi connectivity index (χ3n) is 7.51. The number of aromatic nitrogens is 1. The van der Waals surface area contributed by atoms with E-state index in [1.165, 1.54) is 30.5 Å². The number of aryl methyl sites for hydroxylation is 1. The van der Waals surface area contributed by atoms with Gasteiger partial charge in [-0.3, -0.25) is 0 Å². The molecule has 53 heavy (non-hydrogen) atoms. The van der Waals surface area contributed by atoms with E-state index in [2.05, 4.69) is 15.6 Å². The first-order valence-electron chi connectivity index (χ1n) is 15.8. The van der Waals surface area contributed by atoms with Crippen molar-refractivity contribution in [1.82, 2.24) is 4.98 Å². The van der Waals surface area contributed by atoms with Gasteiger partial charge < -0.3 is 29.6 Å². The molecular weight excluding hydrogens is 738 g/mol. The minimum atomic E-state index is -4.51. The molecule has 0 radical (unpaired) electrons. The summed E-state index contributed by atoms with van der Waals surface area (Å²) in [6.07, 6.45) is -4.36. The van der Waals surface area contributed by atoms with E-state index >= 15 is 0 Å². The predicted molar refractivity (Wildman–Crippen MR) is 192 cm³/mol. The number of ether oxygens (including phenoxy) is 4. The van der Waals surface area contributed by atoms with E-state index < -0.39 is 35.9 Å². The van der Waals surface area contributed by atoms with Crippen LogP contribution in [0.4, 0.5) is 36.1 Å². The smallest absolute Gasteiger partial charge is 0.416 e. The van der Waals surface area contributed by atoms with E-state index in [1.807, 2.05) is 19.9 Å². The summed E-state index contributed by atoms with van der Waals surface area (Å²) in [5, 5.41) is 6.79. The van der Waals surface area contributed by atoms with Crippen molar-refractivity contribution in [2.45, 2.75) is 26.3 Å². The zero-order valence-corrected chi connectivity index (χ0v) is 29.5. The lowest BCUT2D eigenvalue weighted by atomic mass is 10.1. The fourth-order valence-corrected chi connectivity index (χ4v) is 5.34. The molecule has 15 heteroatoms. The van der Waals surface area contributed by atoms with Gasteiger partial charge in [-0.2, -0.15) is 13.2 Å². The fraction of sp³-hybridized carbons (Fsp3) is 0.158. The number of para-hydroxylation sites is 1. The molecule has 10 nitrogen and oxygen atoms in total. The zero-order chi connectivity index (χ0) is 38.1. The second-order valence-electron chi connectivity index (χ2n) is 11.1. The molecule has 1 atom stereocenters. The van der Waals surface area contributed by atoms with Crippen molar-refractivity contribution in [3.63, 3.8) is 0 Å². The van der Waals surface area contributed by atoms with Crippen LogP contribution in [0.3, 0.4) is 0 Å². The number of carbonyl (C=O) groups excluding carboxylic acids is 3. The lowest BCUT2D eigenvalue weighted by molar-refractivity contribution is -0.137. The highest BCUT2D eigenvalue weighted by Gasteiger charge is 2.34. The highest BCUT2D eigenvalue weighted by molar-refractivity contribution is 6.39. The monoisotopic (exact) mass is 767 g/mol. The molecule has 2 N–H and O–H groups in total. The SMILES string of the molecule is CCOCOC(=O)c1ccccc1Nc1c(Cl)ccc(C)c1Cl.O=C1OC(OC(=O)c2cccnc2Nc2cccc(C(F)(F)F)c2)c2ccccc21. The van der Waals surface area contributed by atoms with Gasteiger partial charge in [0.05, 0.1) is 38.1 Å². The molecule has 1 aromatic heterocycles. The van der Waals surface area contributed by atoms with Gasteiger partial charge in [0.1, 0.15) is 11.4 Å². The molecule has 0 spiro atoms. The van der Waals surface area contributed by atoms with E-state index in [0.29, 0.717) is 44.7 Å². The number of pyridine rings is 1. The zero-order valence-electron chi connectivity index (χ0n) is 28.0. The second-order valence-corrected chi connectivity index (χ2v) is 11.9. The molecule has 1 unspecified atom stereocenters. The molecule has 2 heterocycles. The summed E-state index contributed by atoms with van der Waals surface area (Å²) in [4.78, 5) is 40.7. The van der Waals surface area contributed by atoms with Crippen LogP contribution in [0.5, 0.6) is 0 Å². The van der Waals surface area contributed by atoms with Crippen molar-refractivity contribution < 1.29 is 46.5 Å². The first-order valence-corrected chi connectivity index (χ1v) is 16.6. The van der Waals surface area contributed by atoms with Gasteiger partial charge in [0, 0.05) is 24.1 Å². The summed E-state index contributed by atoms with van der Waals surface area (Å²) in [5.74, 6) is -1.95. The van der Waals surface area contributed by atoms with Crippen LogP contribution in [0.1, 0.15) is 61.0 Å². The largest absolute Gasteiger partial charge is 0.435 e. The van der Waals surface area contributed by atoms with E-state index in [0.717, 1.165) is 17.7 Å². The standard InChI is InChI=1S/C21H13F3N2O4.C17H17Cl2NO3/c22-21(23,24)12-5-3-6-13(11-12)26-17-16(9-4-10-25-17)19(28)30-20-15-8-2-1-7-14(15)18(27)29-20;1-3-22-10-23-17(21)12-6-4-5-7-14(12)20-16-13(18)9-8-11(2)15(16)19/h1-11,20H,(H,25,26);4-9,20H,3,10H2,1-2H3. The van der Waals surface area contributed by atoms with E-state index in [-0.39, 0.29) is 23.9 Å². The highest BCUT2D eigenvalue weighted by Crippen LogP contribution is 2.37. The number of nitrogens with zero attached hydrogens (tertiary/aromatic N) is 1. The van der Waals surface area contributed by atoms with Crippen LogP contribution >= 0.6 is 23.2 Å². The van der Waals surface area contributed by atoms with Gasteiger partial charge in [-0.05, 0) is 74.0 Å². The lowest BCUT2D eigenvalue weighted by Crippen LogP contribution is -2.14. The van der Waals surface area contributed by atoms with Crippen molar-refractivity contribution in [1.29, 1.82) is 0 Å². The maximum Gasteiger partial charge on any atom is 0.416 e. The number of rotatable bonds is 10. The molecule has 0 saturated heterocycles. The molecule has 274 valence electrons. The van der Waals surface area contributed by atoms with E-state index in [9.17, 15) is 27.6 Å². The Hall–Kier alpha value is -5.63. The Morgan fingerprint density at radius 3 is 2.40 bits per heavy atom. The molecule has 0 fully saturated rings. The molecule has 6 rings (SSSR count). The van der Waals surface area contributed by atoms with Gasteiger partial charge in [0.15, 0.2) is 6.79 Å². The van der Waals surface area contributed by atoms with Gasteiger partial charge in [-0.25, -0.2) is 19.4 Å². The van der Waals surface area contributed by atoms with Crippen LogP contribution in [-0.2, 0) is 25.1 Å². The highest BCUT2D eigenvalue weighted by atomic mass is 35.5. The average Bonchev–Trinajstić information content (AvgIpc) is 3.46. The van der Waals surface area contributed by atoms with E-state index in [4.69, 9.17) is 42.1 Å². The number of anilines is 4. The Kier molecular flexibility index (Phi) is 12.6. The molecule has 0 aliphatic carbocycles. The predicted octanol–water partition coefficient (Wildman–Crippen LogP) is 10.1. The number of alkyl halides is 3. The minimum absolute atomic E-state index is 0.000525. The Bertz CT molecular complexity index is 2130. The number of hydrogen-bond acceptors (Lipinski definition) is 10. The summed E-state index contributed by atoms with van der Waals surface area (Å²) in [7, 11) is 0. The van der Waals surface area contributed by atoms with Gasteiger partial charge in [0.2, 0.25) is 0 Å². The number of carbonyl (C=O) groups is 3. The molecule has 4 aromatic carbocycles. The number of esters is 3. The summed E-state index contributed by atoms with van der Waals surface area (Å²) in [6.45, 7) is 4.09. The number of nitrogens with one attached hydrogen (secondary N) is 2. The van der Waals surface area contributed by atoms with Gasteiger partial charge in [-0.15, -0.1) is 0 Å². The van der Waals surface area contributed by atoms with Crippen LogP contribution in [-0.4, -0.2) is 36.3 Å². The third kappa shape index (κ3) is 9.63. The quantitative estimate of drug-likeness (QED) is 0.0806. The molecular formula is C38H30Cl2F3N3O7. The van der Waals surface area contributed by atoms with Gasteiger partial charge in [0.25, 0.3) is 6.29 Å². The number of hydrogen-bond donors (Lipinski definition) is 2. The van der Waals surface area contributed by atoms with Crippen LogP contribution in [0.25, 0.3) is 0 Å². The maximum atomic E-state index is 12.9. The molecule has 5 aromatic rings. The van der Waals surface area contributed by atoms with Crippen LogP contribution < -0.4 is 10.6 Å². The van der Waals surface area contributed by atoms with E-state index in [1.54, 1.807) is 54.6 Å². The first-order chi connectivity index (χ1) is 25.4. The number of benzene rings is 4. The Balaban J connectivity index is 0.000000212.